The van der Waals surface area contributed by atoms with Crippen molar-refractivity contribution in [1.82, 2.24) is 0 Å². The van der Waals surface area contributed by atoms with Gasteiger partial charge in [-0.2, -0.15) is 0 Å². The highest BCUT2D eigenvalue weighted by Gasteiger charge is 2.08. The average Bonchev–Trinajstić information content (AvgIpc) is 2.45. The molecule has 2 N–H and O–H groups in total. The Morgan fingerprint density at radius 2 is 1.95 bits per heavy atom. The van der Waals surface area contributed by atoms with Crippen LogP contribution in [0.3, 0.4) is 0 Å². The number of aliphatic hydroxyl groups is 1. The molecule has 0 heterocycles. The molecule has 0 saturated carbocycles. The zero-order valence-electron chi connectivity index (χ0n) is 12.3. The number of hydrogen-bond acceptors (Lipinski definition) is 3. The van der Waals surface area contributed by atoms with Crippen LogP contribution >= 0.6 is 11.6 Å². The van der Waals surface area contributed by atoms with Gasteiger partial charge in [0.05, 0.1) is 10.7 Å². The van der Waals surface area contributed by atoms with E-state index in [4.69, 9.17) is 16.3 Å². The van der Waals surface area contributed by atoms with E-state index in [1.807, 2.05) is 50.2 Å². The molecule has 0 fully saturated rings. The highest BCUT2D eigenvalue weighted by atomic mass is 35.5. The summed E-state index contributed by atoms with van der Waals surface area (Å²) in [5.41, 5.74) is 3.08. The van der Waals surface area contributed by atoms with Crippen molar-refractivity contribution in [2.45, 2.75) is 20.0 Å². The van der Waals surface area contributed by atoms with Gasteiger partial charge in [-0.15, -0.1) is 0 Å². The predicted molar refractivity (Wildman–Crippen MR) is 87.4 cm³/mol. The second kappa shape index (κ2) is 7.34. The van der Waals surface area contributed by atoms with E-state index in [9.17, 15) is 5.11 Å². The van der Waals surface area contributed by atoms with Crippen LogP contribution in [0.4, 0.5) is 5.69 Å². The number of aryl methyl sites for hydroxylation is 2. The normalized spacial score (nSPS) is 12.0. The van der Waals surface area contributed by atoms with E-state index in [0.29, 0.717) is 11.6 Å². The van der Waals surface area contributed by atoms with E-state index in [2.05, 4.69) is 11.4 Å². The van der Waals surface area contributed by atoms with Crippen molar-refractivity contribution in [3.63, 3.8) is 0 Å². The summed E-state index contributed by atoms with van der Waals surface area (Å²) in [5.74, 6) is 0.803. The van der Waals surface area contributed by atoms with Crippen LogP contribution in [0.15, 0.2) is 42.5 Å². The Bertz CT molecular complexity index is 601. The molecule has 0 bridgehead atoms. The molecule has 4 heteroatoms. The van der Waals surface area contributed by atoms with Crippen molar-refractivity contribution >= 4 is 17.3 Å². The quantitative estimate of drug-likeness (QED) is 0.853. The van der Waals surface area contributed by atoms with Crippen LogP contribution < -0.4 is 10.1 Å². The molecule has 0 saturated heterocycles. The van der Waals surface area contributed by atoms with Crippen LogP contribution in [0.1, 0.15) is 11.1 Å². The van der Waals surface area contributed by atoms with E-state index in [1.54, 1.807) is 0 Å². The SMILES string of the molecule is Cc1ccc(OCC(O)CNc2ccccc2Cl)c(C)c1. The summed E-state index contributed by atoms with van der Waals surface area (Å²) in [6.07, 6.45) is -0.609. The lowest BCUT2D eigenvalue weighted by Crippen LogP contribution is -2.26. The molecule has 0 aliphatic carbocycles. The molecule has 0 aliphatic heterocycles. The van der Waals surface area contributed by atoms with Gasteiger partial charge in [-0.3, -0.25) is 0 Å². The summed E-state index contributed by atoms with van der Waals surface area (Å²) in [5, 5.41) is 13.7. The van der Waals surface area contributed by atoms with Gasteiger partial charge in [-0.25, -0.2) is 0 Å². The maximum absolute atomic E-state index is 9.98. The fraction of sp³-hybridized carbons (Fsp3) is 0.294. The first-order valence-electron chi connectivity index (χ1n) is 6.93. The lowest BCUT2D eigenvalue weighted by Gasteiger charge is -2.16. The number of rotatable bonds is 6. The molecule has 0 amide bonds. The largest absolute Gasteiger partial charge is 0.491 e. The highest BCUT2D eigenvalue weighted by Crippen LogP contribution is 2.21. The summed E-state index contributed by atoms with van der Waals surface area (Å²) in [4.78, 5) is 0. The Morgan fingerprint density at radius 1 is 1.19 bits per heavy atom. The molecule has 0 aromatic heterocycles. The van der Waals surface area contributed by atoms with Crippen molar-refractivity contribution in [3.05, 3.63) is 58.6 Å². The number of para-hydroxylation sites is 1. The lowest BCUT2D eigenvalue weighted by molar-refractivity contribution is 0.117. The molecule has 21 heavy (non-hydrogen) atoms. The number of benzene rings is 2. The van der Waals surface area contributed by atoms with Crippen LogP contribution in [-0.4, -0.2) is 24.4 Å². The van der Waals surface area contributed by atoms with E-state index in [0.717, 1.165) is 17.0 Å². The average molecular weight is 306 g/mol. The van der Waals surface area contributed by atoms with Gasteiger partial charge in [-0.05, 0) is 37.6 Å². The zero-order chi connectivity index (χ0) is 15.2. The van der Waals surface area contributed by atoms with Crippen molar-refractivity contribution in [1.29, 1.82) is 0 Å². The minimum Gasteiger partial charge on any atom is -0.491 e. The van der Waals surface area contributed by atoms with E-state index < -0.39 is 6.10 Å². The maximum Gasteiger partial charge on any atom is 0.122 e. The predicted octanol–water partition coefficient (Wildman–Crippen LogP) is 3.81. The number of halogens is 1. The van der Waals surface area contributed by atoms with Crippen molar-refractivity contribution < 1.29 is 9.84 Å². The number of aliphatic hydroxyl groups excluding tert-OH is 1. The van der Waals surface area contributed by atoms with Gasteiger partial charge in [0.25, 0.3) is 0 Å². The van der Waals surface area contributed by atoms with Gasteiger partial charge in [0.2, 0.25) is 0 Å². The standard InChI is InChI=1S/C17H20ClNO2/c1-12-7-8-17(13(2)9-12)21-11-14(20)10-19-16-6-4-3-5-15(16)18/h3-9,14,19-20H,10-11H2,1-2H3. The topological polar surface area (TPSA) is 41.5 Å². The van der Waals surface area contributed by atoms with Crippen LogP contribution in [0, 0.1) is 13.8 Å². The first kappa shape index (κ1) is 15.7. The Hall–Kier alpha value is -1.71. The summed E-state index contributed by atoms with van der Waals surface area (Å²) in [7, 11) is 0. The van der Waals surface area contributed by atoms with E-state index in [-0.39, 0.29) is 6.61 Å². The molecule has 1 atom stereocenters. The van der Waals surface area contributed by atoms with Crippen molar-refractivity contribution in [2.24, 2.45) is 0 Å². The van der Waals surface area contributed by atoms with Gasteiger partial charge in [0.15, 0.2) is 0 Å². The third-order valence-electron chi connectivity index (χ3n) is 3.16. The van der Waals surface area contributed by atoms with Gasteiger partial charge in [0.1, 0.15) is 18.5 Å². The van der Waals surface area contributed by atoms with Crippen LogP contribution in [0.5, 0.6) is 5.75 Å². The third kappa shape index (κ3) is 4.66. The molecular weight excluding hydrogens is 286 g/mol. The Balaban J connectivity index is 1.82. The summed E-state index contributed by atoms with van der Waals surface area (Å²) < 4.78 is 5.65. The van der Waals surface area contributed by atoms with Gasteiger partial charge in [0, 0.05) is 6.54 Å². The number of anilines is 1. The Morgan fingerprint density at radius 3 is 2.67 bits per heavy atom. The molecule has 0 spiro atoms. The number of hydrogen-bond donors (Lipinski definition) is 2. The van der Waals surface area contributed by atoms with Crippen LogP contribution in [0.2, 0.25) is 5.02 Å². The van der Waals surface area contributed by atoms with Crippen molar-refractivity contribution in [3.8, 4) is 5.75 Å². The second-order valence-electron chi connectivity index (χ2n) is 5.09. The molecule has 2 aromatic rings. The minimum atomic E-state index is -0.609. The molecule has 1 unspecified atom stereocenters. The molecule has 0 radical (unpaired) electrons. The van der Waals surface area contributed by atoms with Crippen molar-refractivity contribution in [2.75, 3.05) is 18.5 Å². The molecule has 0 aliphatic rings. The zero-order valence-corrected chi connectivity index (χ0v) is 13.0. The Labute approximate surface area is 130 Å². The minimum absolute atomic E-state index is 0.237. The van der Waals surface area contributed by atoms with Gasteiger partial charge < -0.3 is 15.2 Å². The van der Waals surface area contributed by atoms with Gasteiger partial charge >= 0.3 is 0 Å². The smallest absolute Gasteiger partial charge is 0.122 e. The number of ether oxygens (including phenoxy) is 1. The molecule has 112 valence electrons. The van der Waals surface area contributed by atoms with Crippen LogP contribution in [-0.2, 0) is 0 Å². The van der Waals surface area contributed by atoms with Crippen LogP contribution in [0.25, 0.3) is 0 Å². The first-order chi connectivity index (χ1) is 10.1. The molecule has 2 rings (SSSR count). The number of nitrogens with one attached hydrogen (secondary N) is 1. The third-order valence-corrected chi connectivity index (χ3v) is 3.49. The first-order valence-corrected chi connectivity index (χ1v) is 7.30. The van der Waals surface area contributed by atoms with E-state index >= 15 is 0 Å². The lowest BCUT2D eigenvalue weighted by atomic mass is 10.1. The van der Waals surface area contributed by atoms with Gasteiger partial charge in [-0.1, -0.05) is 41.4 Å². The fourth-order valence-electron chi connectivity index (χ4n) is 2.04. The fourth-order valence-corrected chi connectivity index (χ4v) is 2.24. The maximum atomic E-state index is 9.98. The molecule has 3 nitrogen and oxygen atoms in total. The molecule has 2 aromatic carbocycles. The second-order valence-corrected chi connectivity index (χ2v) is 5.50. The monoisotopic (exact) mass is 305 g/mol. The summed E-state index contributed by atoms with van der Waals surface area (Å²) in [6.45, 7) is 4.66. The molecular formula is C17H20ClNO2. The summed E-state index contributed by atoms with van der Waals surface area (Å²) >= 11 is 6.04. The van der Waals surface area contributed by atoms with E-state index in [1.165, 1.54) is 5.56 Å². The highest BCUT2D eigenvalue weighted by molar-refractivity contribution is 6.33. The Kier molecular flexibility index (Phi) is 5.48. The summed E-state index contributed by atoms with van der Waals surface area (Å²) in [6, 6.07) is 13.4.